The second kappa shape index (κ2) is 10.9. The lowest BCUT2D eigenvalue weighted by molar-refractivity contribution is -0.135. The van der Waals surface area contributed by atoms with Gasteiger partial charge in [0.25, 0.3) is 0 Å². The highest BCUT2D eigenvalue weighted by Gasteiger charge is 2.24. The number of aliphatic imine (C=N–C) groups is 1. The molecule has 156 valence electrons. The van der Waals surface area contributed by atoms with E-state index in [1.165, 1.54) is 6.07 Å². The lowest BCUT2D eigenvalue weighted by Crippen LogP contribution is -2.50. The molecule has 1 aromatic carbocycles. The highest BCUT2D eigenvalue weighted by atomic mass is 19.1. The zero-order chi connectivity index (χ0) is 20.5. The van der Waals surface area contributed by atoms with Crippen molar-refractivity contribution < 1.29 is 13.9 Å². The molecule has 0 aromatic heterocycles. The topological polar surface area (TPSA) is 66.0 Å². The van der Waals surface area contributed by atoms with E-state index in [-0.39, 0.29) is 35.5 Å². The van der Waals surface area contributed by atoms with Gasteiger partial charge >= 0.3 is 0 Å². The molecular weight excluding hydrogens is 359 g/mol. The maximum absolute atomic E-state index is 13.7. The number of amides is 1. The minimum Gasteiger partial charge on any atom is -0.486 e. The van der Waals surface area contributed by atoms with E-state index in [9.17, 15) is 9.18 Å². The standard InChI is InChI=1S/C21H33FN4O2/c1-5-23-21(24-14-16(4)28-19-9-7-6-8-18(19)22)25-17-10-12-26(13-11-17)20(27)15(2)3/h6-9,15-17H,5,10-14H2,1-4H3,(H2,23,24,25). The van der Waals surface area contributed by atoms with Crippen molar-refractivity contribution in [1.82, 2.24) is 15.5 Å². The molecule has 0 saturated carbocycles. The number of likely N-dealkylation sites (tertiary alicyclic amines) is 1. The Labute approximate surface area is 167 Å². The number of rotatable bonds is 7. The highest BCUT2D eigenvalue weighted by Crippen LogP contribution is 2.17. The summed E-state index contributed by atoms with van der Waals surface area (Å²) in [7, 11) is 0. The number of nitrogens with one attached hydrogen (secondary N) is 2. The molecule has 0 spiro atoms. The number of para-hydroxylation sites is 1. The first-order valence-corrected chi connectivity index (χ1v) is 10.2. The van der Waals surface area contributed by atoms with Gasteiger partial charge in [-0.1, -0.05) is 26.0 Å². The fourth-order valence-corrected chi connectivity index (χ4v) is 3.14. The molecule has 0 bridgehead atoms. The molecular formula is C21H33FN4O2. The summed E-state index contributed by atoms with van der Waals surface area (Å²) < 4.78 is 19.3. The van der Waals surface area contributed by atoms with Crippen molar-refractivity contribution in [2.24, 2.45) is 10.9 Å². The highest BCUT2D eigenvalue weighted by molar-refractivity contribution is 5.80. The van der Waals surface area contributed by atoms with Crippen LogP contribution in [0.15, 0.2) is 29.3 Å². The number of carbonyl (C=O) groups is 1. The zero-order valence-corrected chi connectivity index (χ0v) is 17.4. The van der Waals surface area contributed by atoms with E-state index in [4.69, 9.17) is 4.74 Å². The molecule has 0 aliphatic carbocycles. The Kier molecular flexibility index (Phi) is 8.54. The fourth-order valence-electron chi connectivity index (χ4n) is 3.14. The van der Waals surface area contributed by atoms with Crippen molar-refractivity contribution in [1.29, 1.82) is 0 Å². The van der Waals surface area contributed by atoms with Crippen molar-refractivity contribution >= 4 is 11.9 Å². The second-order valence-corrected chi connectivity index (χ2v) is 7.48. The maximum Gasteiger partial charge on any atom is 0.225 e. The summed E-state index contributed by atoms with van der Waals surface area (Å²) in [5.74, 6) is 0.856. The number of ether oxygens (including phenoxy) is 1. The molecule has 28 heavy (non-hydrogen) atoms. The average molecular weight is 393 g/mol. The summed E-state index contributed by atoms with van der Waals surface area (Å²) in [5, 5.41) is 6.69. The van der Waals surface area contributed by atoms with Crippen LogP contribution >= 0.6 is 0 Å². The Hall–Kier alpha value is -2.31. The third kappa shape index (κ3) is 6.69. The third-order valence-electron chi connectivity index (χ3n) is 4.66. The van der Waals surface area contributed by atoms with Crippen LogP contribution in [-0.2, 0) is 4.79 Å². The molecule has 1 aliphatic heterocycles. The molecule has 1 amide bonds. The van der Waals surface area contributed by atoms with E-state index >= 15 is 0 Å². The van der Waals surface area contributed by atoms with Crippen molar-refractivity contribution in [3.05, 3.63) is 30.1 Å². The number of nitrogens with zero attached hydrogens (tertiary/aromatic N) is 2. The monoisotopic (exact) mass is 392 g/mol. The predicted molar refractivity (Wildman–Crippen MR) is 110 cm³/mol. The minimum absolute atomic E-state index is 0.0410. The van der Waals surface area contributed by atoms with E-state index in [2.05, 4.69) is 15.6 Å². The van der Waals surface area contributed by atoms with Gasteiger partial charge in [0.1, 0.15) is 6.10 Å². The van der Waals surface area contributed by atoms with Gasteiger partial charge in [0.15, 0.2) is 17.5 Å². The summed E-state index contributed by atoms with van der Waals surface area (Å²) in [5.41, 5.74) is 0. The van der Waals surface area contributed by atoms with Gasteiger partial charge in [-0.05, 0) is 38.8 Å². The van der Waals surface area contributed by atoms with Crippen LogP contribution in [0.5, 0.6) is 5.75 Å². The average Bonchev–Trinajstić information content (AvgIpc) is 2.68. The van der Waals surface area contributed by atoms with Crippen molar-refractivity contribution in [2.75, 3.05) is 26.2 Å². The lowest BCUT2D eigenvalue weighted by atomic mass is 10.0. The molecule has 1 unspecified atom stereocenters. The summed E-state index contributed by atoms with van der Waals surface area (Å²) in [6, 6.07) is 6.66. The maximum atomic E-state index is 13.7. The molecule has 7 heteroatoms. The van der Waals surface area contributed by atoms with Crippen LogP contribution in [0.3, 0.4) is 0 Å². The van der Waals surface area contributed by atoms with Gasteiger partial charge in [-0.2, -0.15) is 0 Å². The number of carbonyl (C=O) groups excluding carboxylic acids is 1. The lowest BCUT2D eigenvalue weighted by Gasteiger charge is -2.34. The number of piperidine rings is 1. The second-order valence-electron chi connectivity index (χ2n) is 7.48. The number of hydrogen-bond donors (Lipinski definition) is 2. The first kappa shape index (κ1) is 22.0. The minimum atomic E-state index is -0.369. The van der Waals surface area contributed by atoms with Crippen molar-refractivity contribution in [3.63, 3.8) is 0 Å². The summed E-state index contributed by atoms with van der Waals surface area (Å²) >= 11 is 0. The van der Waals surface area contributed by atoms with Crippen LogP contribution in [-0.4, -0.2) is 55.1 Å². The molecule has 2 rings (SSSR count). The number of halogens is 1. The molecule has 1 atom stereocenters. The van der Waals surface area contributed by atoms with Gasteiger partial charge in [-0.3, -0.25) is 4.79 Å². The molecule has 1 aliphatic rings. The van der Waals surface area contributed by atoms with Crippen LogP contribution in [0.1, 0.15) is 40.5 Å². The van der Waals surface area contributed by atoms with E-state index in [0.717, 1.165) is 38.4 Å². The normalized spacial score (nSPS) is 16.8. The summed E-state index contributed by atoms with van der Waals surface area (Å²) in [6.07, 6.45) is 1.53. The molecule has 0 radical (unpaired) electrons. The van der Waals surface area contributed by atoms with Gasteiger partial charge in [-0.25, -0.2) is 9.38 Å². The van der Waals surface area contributed by atoms with E-state index < -0.39 is 0 Å². The van der Waals surface area contributed by atoms with Gasteiger partial charge in [0.2, 0.25) is 5.91 Å². The van der Waals surface area contributed by atoms with E-state index in [1.807, 2.05) is 32.6 Å². The van der Waals surface area contributed by atoms with E-state index in [0.29, 0.717) is 6.54 Å². The largest absolute Gasteiger partial charge is 0.486 e. The van der Waals surface area contributed by atoms with Gasteiger partial charge < -0.3 is 20.3 Å². The summed E-state index contributed by atoms with van der Waals surface area (Å²) in [4.78, 5) is 18.6. The Bertz CT molecular complexity index is 658. The van der Waals surface area contributed by atoms with Crippen LogP contribution in [0.4, 0.5) is 4.39 Å². The molecule has 1 heterocycles. The van der Waals surface area contributed by atoms with Crippen LogP contribution in [0, 0.1) is 11.7 Å². The molecule has 1 saturated heterocycles. The summed E-state index contributed by atoms with van der Waals surface area (Å²) in [6.45, 7) is 10.4. The first-order chi connectivity index (χ1) is 13.4. The van der Waals surface area contributed by atoms with Crippen LogP contribution < -0.4 is 15.4 Å². The molecule has 1 aromatic rings. The quantitative estimate of drug-likeness (QED) is 0.553. The van der Waals surface area contributed by atoms with Crippen molar-refractivity contribution in [3.8, 4) is 5.75 Å². The Morgan fingerprint density at radius 3 is 2.57 bits per heavy atom. The Morgan fingerprint density at radius 2 is 1.96 bits per heavy atom. The smallest absolute Gasteiger partial charge is 0.225 e. The number of benzene rings is 1. The van der Waals surface area contributed by atoms with Crippen LogP contribution in [0.25, 0.3) is 0 Å². The third-order valence-corrected chi connectivity index (χ3v) is 4.66. The SMILES string of the molecule is CCNC(=NCC(C)Oc1ccccc1F)NC1CCN(C(=O)C(C)C)CC1. The molecule has 6 nitrogen and oxygen atoms in total. The van der Waals surface area contributed by atoms with Gasteiger partial charge in [0, 0.05) is 31.6 Å². The zero-order valence-electron chi connectivity index (χ0n) is 17.4. The number of guanidine groups is 1. The predicted octanol–water partition coefficient (Wildman–Crippen LogP) is 2.80. The van der Waals surface area contributed by atoms with Gasteiger partial charge in [0.05, 0.1) is 6.54 Å². The Balaban J connectivity index is 1.85. The molecule has 1 fully saturated rings. The molecule has 2 N–H and O–H groups in total. The Morgan fingerprint density at radius 1 is 1.29 bits per heavy atom. The van der Waals surface area contributed by atoms with Crippen LogP contribution in [0.2, 0.25) is 0 Å². The van der Waals surface area contributed by atoms with Crippen molar-refractivity contribution in [2.45, 2.75) is 52.7 Å². The van der Waals surface area contributed by atoms with E-state index in [1.54, 1.807) is 18.2 Å². The van der Waals surface area contributed by atoms with Gasteiger partial charge in [-0.15, -0.1) is 0 Å². The number of hydrogen-bond acceptors (Lipinski definition) is 3. The first-order valence-electron chi connectivity index (χ1n) is 10.2. The fraction of sp³-hybridized carbons (Fsp3) is 0.619.